The summed E-state index contributed by atoms with van der Waals surface area (Å²) < 4.78 is 0. The third-order valence-corrected chi connectivity index (χ3v) is 8.75. The predicted octanol–water partition coefficient (Wildman–Crippen LogP) is 4.04. The monoisotopic (exact) mass is 465 g/mol. The molecule has 6 rings (SSSR count). The highest BCUT2D eigenvalue weighted by Gasteiger charge is 2.54. The molecule has 1 aromatic carbocycles. The lowest BCUT2D eigenvalue weighted by Crippen LogP contribution is -2.53. The summed E-state index contributed by atoms with van der Waals surface area (Å²) in [5.41, 5.74) is 1.53. The van der Waals surface area contributed by atoms with Gasteiger partial charge in [0, 0.05) is 43.6 Å². The van der Waals surface area contributed by atoms with Gasteiger partial charge in [0.1, 0.15) is 0 Å². The number of benzene rings is 1. The molecular weight excluding hydrogens is 426 g/mol. The number of hydrogen-bond donors (Lipinski definition) is 2. The van der Waals surface area contributed by atoms with Gasteiger partial charge in [-0.25, -0.2) is 0 Å². The van der Waals surface area contributed by atoms with E-state index in [1.54, 1.807) is 0 Å². The van der Waals surface area contributed by atoms with Gasteiger partial charge in [-0.2, -0.15) is 0 Å². The van der Waals surface area contributed by atoms with Crippen LogP contribution < -0.4 is 10.6 Å². The van der Waals surface area contributed by atoms with Crippen LogP contribution in [0, 0.1) is 23.2 Å². The third kappa shape index (κ3) is 5.16. The molecule has 4 saturated carbocycles. The first-order valence-corrected chi connectivity index (χ1v) is 13.4. The van der Waals surface area contributed by atoms with Crippen molar-refractivity contribution >= 4 is 17.7 Å². The molecule has 0 radical (unpaired) electrons. The summed E-state index contributed by atoms with van der Waals surface area (Å²) >= 11 is 0. The van der Waals surface area contributed by atoms with Crippen LogP contribution in [0.3, 0.4) is 0 Å². The number of nitrogens with one attached hydrogen (secondary N) is 2. The Morgan fingerprint density at radius 3 is 2.26 bits per heavy atom. The van der Waals surface area contributed by atoms with E-state index in [1.165, 1.54) is 19.3 Å². The van der Waals surface area contributed by atoms with Crippen LogP contribution in [0.25, 0.3) is 0 Å². The van der Waals surface area contributed by atoms with Crippen molar-refractivity contribution in [1.82, 2.24) is 15.5 Å². The molecule has 0 unspecified atom stereocenters. The maximum atomic E-state index is 13.1. The summed E-state index contributed by atoms with van der Waals surface area (Å²) in [6.07, 6.45) is 11.9. The molecule has 4 bridgehead atoms. The van der Waals surface area contributed by atoms with Crippen LogP contribution in [-0.2, 0) is 16.1 Å². The zero-order valence-corrected chi connectivity index (χ0v) is 20.3. The van der Waals surface area contributed by atoms with E-state index < -0.39 is 0 Å². The number of hydrogen-bond acceptors (Lipinski definition) is 3. The minimum atomic E-state index is -0.119. The molecule has 1 saturated heterocycles. The number of amides is 3. The van der Waals surface area contributed by atoms with Crippen LogP contribution in [0.1, 0.15) is 86.6 Å². The van der Waals surface area contributed by atoms with Crippen molar-refractivity contribution in [3.05, 3.63) is 35.4 Å². The topological polar surface area (TPSA) is 78.5 Å². The first kappa shape index (κ1) is 23.4. The Balaban J connectivity index is 1.05. The SMILES string of the molecule is O=C(NCCCN1CCCCCC1=O)c1ccc(CNC(=O)C23CC4CC(CC(C4)C2)C3)cc1. The van der Waals surface area contributed by atoms with Crippen LogP contribution in [0.2, 0.25) is 0 Å². The van der Waals surface area contributed by atoms with Gasteiger partial charge >= 0.3 is 0 Å². The molecule has 1 heterocycles. The van der Waals surface area contributed by atoms with E-state index in [0.29, 0.717) is 31.6 Å². The van der Waals surface area contributed by atoms with Gasteiger partial charge in [-0.1, -0.05) is 18.6 Å². The number of likely N-dealkylation sites (tertiary alicyclic amines) is 1. The van der Waals surface area contributed by atoms with Gasteiger partial charge in [0.05, 0.1) is 0 Å². The van der Waals surface area contributed by atoms with Crippen LogP contribution in [0.5, 0.6) is 0 Å². The minimum Gasteiger partial charge on any atom is -0.352 e. The van der Waals surface area contributed by atoms with E-state index in [0.717, 1.165) is 74.8 Å². The summed E-state index contributed by atoms with van der Waals surface area (Å²) in [7, 11) is 0. The lowest BCUT2D eigenvalue weighted by Gasteiger charge is -2.55. The fourth-order valence-electron chi connectivity index (χ4n) is 7.38. The second-order valence-electron chi connectivity index (χ2n) is 11.4. The Hall–Kier alpha value is -2.37. The molecule has 0 aromatic heterocycles. The molecular formula is C28H39N3O3. The fourth-order valence-corrected chi connectivity index (χ4v) is 7.38. The third-order valence-electron chi connectivity index (χ3n) is 8.75. The molecule has 6 heteroatoms. The van der Waals surface area contributed by atoms with Crippen molar-refractivity contribution in [2.45, 2.75) is 77.2 Å². The molecule has 184 valence electrons. The Labute approximate surface area is 203 Å². The highest BCUT2D eigenvalue weighted by atomic mass is 16.2. The summed E-state index contributed by atoms with van der Waals surface area (Å²) in [6.45, 7) is 2.63. The lowest BCUT2D eigenvalue weighted by molar-refractivity contribution is -0.146. The molecule has 34 heavy (non-hydrogen) atoms. The van der Waals surface area contributed by atoms with Gasteiger partial charge in [-0.15, -0.1) is 0 Å². The van der Waals surface area contributed by atoms with Crippen molar-refractivity contribution < 1.29 is 14.4 Å². The van der Waals surface area contributed by atoms with Gasteiger partial charge in [0.15, 0.2) is 0 Å². The van der Waals surface area contributed by atoms with E-state index >= 15 is 0 Å². The molecule has 1 aromatic rings. The maximum Gasteiger partial charge on any atom is 0.251 e. The molecule has 0 atom stereocenters. The van der Waals surface area contributed by atoms with Gasteiger partial charge in [-0.3, -0.25) is 14.4 Å². The van der Waals surface area contributed by atoms with Crippen LogP contribution in [-0.4, -0.2) is 42.3 Å². The minimum absolute atomic E-state index is 0.0913. The van der Waals surface area contributed by atoms with Crippen molar-refractivity contribution in [3.63, 3.8) is 0 Å². The fraction of sp³-hybridized carbons (Fsp3) is 0.679. The predicted molar refractivity (Wildman–Crippen MR) is 131 cm³/mol. The van der Waals surface area contributed by atoms with Crippen molar-refractivity contribution in [1.29, 1.82) is 0 Å². The highest BCUT2D eigenvalue weighted by Crippen LogP contribution is 2.60. The summed E-state index contributed by atoms with van der Waals surface area (Å²) in [5.74, 6) is 2.69. The Morgan fingerprint density at radius 1 is 0.912 bits per heavy atom. The van der Waals surface area contributed by atoms with Gasteiger partial charge in [0.25, 0.3) is 5.91 Å². The van der Waals surface area contributed by atoms with E-state index in [-0.39, 0.29) is 23.1 Å². The quantitative estimate of drug-likeness (QED) is 0.569. The van der Waals surface area contributed by atoms with Gasteiger partial charge in [0.2, 0.25) is 11.8 Å². The highest BCUT2D eigenvalue weighted by molar-refractivity contribution is 5.94. The van der Waals surface area contributed by atoms with E-state index in [1.807, 2.05) is 29.2 Å². The van der Waals surface area contributed by atoms with E-state index in [9.17, 15) is 14.4 Å². The van der Waals surface area contributed by atoms with Crippen LogP contribution in [0.4, 0.5) is 0 Å². The van der Waals surface area contributed by atoms with E-state index in [4.69, 9.17) is 0 Å². The molecule has 5 fully saturated rings. The molecule has 3 amide bonds. The van der Waals surface area contributed by atoms with Gasteiger partial charge < -0.3 is 15.5 Å². The average molecular weight is 466 g/mol. The molecule has 4 aliphatic carbocycles. The standard InChI is InChI=1S/C28H39N3O3/c32-25-5-2-1-3-11-31(25)12-4-10-29-26(33)24-8-6-20(7-9-24)19-30-27(34)28-16-21-13-22(17-28)15-23(14-21)18-28/h6-9,21-23H,1-5,10-19H2,(H,29,33)(H,30,34). The molecule has 0 spiro atoms. The first-order chi connectivity index (χ1) is 16.5. The first-order valence-electron chi connectivity index (χ1n) is 13.4. The van der Waals surface area contributed by atoms with E-state index in [2.05, 4.69) is 10.6 Å². The second-order valence-corrected chi connectivity index (χ2v) is 11.4. The van der Waals surface area contributed by atoms with Crippen LogP contribution >= 0.6 is 0 Å². The molecule has 1 aliphatic heterocycles. The number of rotatable bonds is 8. The molecule has 5 aliphatic rings. The maximum absolute atomic E-state index is 13.1. The zero-order chi connectivity index (χ0) is 23.5. The number of carbonyl (C=O) groups excluding carboxylic acids is 3. The Morgan fingerprint density at radius 2 is 1.59 bits per heavy atom. The number of nitrogens with zero attached hydrogens (tertiary/aromatic N) is 1. The van der Waals surface area contributed by atoms with Crippen molar-refractivity contribution in [3.8, 4) is 0 Å². The molecule has 6 nitrogen and oxygen atoms in total. The molecule has 2 N–H and O–H groups in total. The largest absolute Gasteiger partial charge is 0.352 e. The normalized spacial score (nSPS) is 30.2. The van der Waals surface area contributed by atoms with Crippen LogP contribution in [0.15, 0.2) is 24.3 Å². The number of carbonyl (C=O) groups is 3. The average Bonchev–Trinajstić information content (AvgIpc) is 3.03. The lowest BCUT2D eigenvalue weighted by atomic mass is 9.49. The Kier molecular flexibility index (Phi) is 6.94. The zero-order valence-electron chi connectivity index (χ0n) is 20.3. The summed E-state index contributed by atoms with van der Waals surface area (Å²) in [6, 6.07) is 7.54. The smallest absolute Gasteiger partial charge is 0.251 e. The van der Waals surface area contributed by atoms with Crippen molar-refractivity contribution in [2.24, 2.45) is 23.2 Å². The van der Waals surface area contributed by atoms with Crippen molar-refractivity contribution in [2.75, 3.05) is 19.6 Å². The summed E-state index contributed by atoms with van der Waals surface area (Å²) in [5, 5.41) is 6.18. The van der Waals surface area contributed by atoms with Gasteiger partial charge in [-0.05, 0) is 93.2 Å². The second kappa shape index (κ2) is 10.1. The Bertz CT molecular complexity index is 875. The summed E-state index contributed by atoms with van der Waals surface area (Å²) in [4.78, 5) is 39.6.